The van der Waals surface area contributed by atoms with E-state index in [0.717, 1.165) is 0 Å². The van der Waals surface area contributed by atoms with Crippen molar-refractivity contribution >= 4 is 42.2 Å². The van der Waals surface area contributed by atoms with Gasteiger partial charge in [-0.05, 0) is 30.5 Å². The second-order valence-electron chi connectivity index (χ2n) is 6.90. The number of rotatable bonds is 13. The smallest absolute Gasteiger partial charge is 0.322 e. The van der Waals surface area contributed by atoms with Crippen LogP contribution in [0, 0.1) is 0 Å². The average Bonchev–Trinajstić information content (AvgIpc) is 2.74. The van der Waals surface area contributed by atoms with Crippen LogP contribution in [0.2, 0.25) is 0 Å². The van der Waals surface area contributed by atoms with E-state index in [1.54, 1.807) is 12.1 Å². The van der Waals surface area contributed by atoms with E-state index in [0.29, 0.717) is 5.56 Å². The molecule has 0 saturated heterocycles. The molecule has 0 fully saturated rings. The fourth-order valence-electron chi connectivity index (χ4n) is 2.57. The van der Waals surface area contributed by atoms with Gasteiger partial charge in [0.1, 0.15) is 24.4 Å². The molecule has 0 aliphatic heterocycles. The summed E-state index contributed by atoms with van der Waals surface area (Å²) in [5.74, 6) is -4.30. The first-order valence-electron chi connectivity index (χ1n) is 9.56. The molecule has 0 aliphatic rings. The lowest BCUT2D eigenvalue weighted by Crippen LogP contribution is -2.56. The molecule has 0 radical (unpaired) electrons. The number of benzene rings is 1. The number of carbonyl (C=O) groups excluding carboxylic acids is 4. The summed E-state index contributed by atoms with van der Waals surface area (Å²) in [5.41, 5.74) is 11.7. The summed E-state index contributed by atoms with van der Waals surface area (Å²) in [6, 6.07) is 2.62. The van der Waals surface area contributed by atoms with Gasteiger partial charge < -0.3 is 37.6 Å². The lowest BCUT2D eigenvalue weighted by atomic mass is 10.0. The van der Waals surface area contributed by atoms with Crippen molar-refractivity contribution in [1.29, 1.82) is 0 Å². The Morgan fingerprint density at radius 1 is 0.969 bits per heavy atom. The molecule has 0 heterocycles. The molecule has 0 aliphatic carbocycles. The van der Waals surface area contributed by atoms with Crippen LogP contribution in [0.1, 0.15) is 18.4 Å². The second kappa shape index (κ2) is 13.2. The number of aliphatic carboxylic acids is 1. The molecule has 9 N–H and O–H groups in total. The maximum absolute atomic E-state index is 12.6. The Kier molecular flexibility index (Phi) is 11.0. The molecule has 12 nitrogen and oxygen atoms in total. The van der Waals surface area contributed by atoms with Crippen molar-refractivity contribution in [3.63, 3.8) is 0 Å². The van der Waals surface area contributed by atoms with Crippen molar-refractivity contribution in [1.82, 2.24) is 16.0 Å². The largest absolute Gasteiger partial charge is 0.508 e. The minimum atomic E-state index is -1.27. The number of primary amides is 1. The van der Waals surface area contributed by atoms with Crippen molar-refractivity contribution in [3.8, 4) is 5.75 Å². The Morgan fingerprint density at radius 2 is 1.56 bits per heavy atom. The molecule has 4 amide bonds. The predicted octanol–water partition coefficient (Wildman–Crippen LogP) is -2.37. The van der Waals surface area contributed by atoms with E-state index in [2.05, 4.69) is 28.6 Å². The summed E-state index contributed by atoms with van der Waals surface area (Å²) in [6.07, 6.45) is -0.246. The van der Waals surface area contributed by atoms with Crippen LogP contribution in [0.4, 0.5) is 0 Å². The molecule has 32 heavy (non-hydrogen) atoms. The van der Waals surface area contributed by atoms with Crippen LogP contribution in [0.3, 0.4) is 0 Å². The van der Waals surface area contributed by atoms with Gasteiger partial charge in [0.25, 0.3) is 0 Å². The first-order chi connectivity index (χ1) is 15.0. The second-order valence-corrected chi connectivity index (χ2v) is 7.26. The highest BCUT2D eigenvalue weighted by atomic mass is 32.1. The number of amides is 4. The van der Waals surface area contributed by atoms with Crippen LogP contribution < -0.4 is 27.4 Å². The number of aromatic hydroxyl groups is 1. The number of phenolic OH excluding ortho intramolecular Hbond substituents is 1. The predicted molar refractivity (Wildman–Crippen MR) is 117 cm³/mol. The maximum Gasteiger partial charge on any atom is 0.322 e. The van der Waals surface area contributed by atoms with Gasteiger partial charge in [0.2, 0.25) is 23.6 Å². The van der Waals surface area contributed by atoms with E-state index in [9.17, 15) is 29.1 Å². The van der Waals surface area contributed by atoms with Gasteiger partial charge in [0.15, 0.2) is 0 Å². The molecule has 13 heteroatoms. The molecule has 3 unspecified atom stereocenters. The standard InChI is InChI=1S/C19H27N5O7S/c20-12(7-10-1-3-11(25)4-2-10)17(29)23-13(5-6-15(21)26)19(31)24-14(9-32)18(30)22-8-16(27)28/h1-4,12-14,25,32H,5-9,20H2,(H2,21,26)(H,22,30)(H,23,29)(H,24,31)(H,27,28). The van der Waals surface area contributed by atoms with Gasteiger partial charge in [-0.3, -0.25) is 24.0 Å². The van der Waals surface area contributed by atoms with Gasteiger partial charge in [-0.1, -0.05) is 12.1 Å². The van der Waals surface area contributed by atoms with Gasteiger partial charge in [-0.2, -0.15) is 12.6 Å². The Labute approximate surface area is 189 Å². The number of carboxylic acid groups (broad SMARTS) is 1. The van der Waals surface area contributed by atoms with E-state index in [-0.39, 0.29) is 30.8 Å². The summed E-state index contributed by atoms with van der Waals surface area (Å²) in [5, 5.41) is 24.9. The van der Waals surface area contributed by atoms with E-state index >= 15 is 0 Å². The Morgan fingerprint density at radius 3 is 2.09 bits per heavy atom. The molecular weight excluding hydrogens is 442 g/mol. The minimum absolute atomic E-state index is 0.0566. The third-order valence-corrected chi connectivity index (χ3v) is 4.64. The highest BCUT2D eigenvalue weighted by molar-refractivity contribution is 7.80. The number of hydrogen-bond donors (Lipinski definition) is 8. The molecular formula is C19H27N5O7S. The summed E-state index contributed by atoms with van der Waals surface area (Å²) >= 11 is 3.97. The SMILES string of the molecule is NC(=O)CCC(NC(=O)C(N)Cc1ccc(O)cc1)C(=O)NC(CS)C(=O)NCC(=O)O. The molecule has 0 spiro atoms. The Balaban J connectivity index is 2.81. The minimum Gasteiger partial charge on any atom is -0.508 e. The zero-order valence-corrected chi connectivity index (χ0v) is 18.0. The molecule has 1 aromatic carbocycles. The Bertz CT molecular complexity index is 834. The first kappa shape index (κ1) is 26.7. The quantitative estimate of drug-likeness (QED) is 0.146. The molecule has 0 bridgehead atoms. The molecule has 1 rings (SSSR count). The lowest BCUT2D eigenvalue weighted by molar-refractivity contribution is -0.138. The van der Waals surface area contributed by atoms with Crippen LogP contribution in [0.15, 0.2) is 24.3 Å². The fraction of sp³-hybridized carbons (Fsp3) is 0.421. The highest BCUT2D eigenvalue weighted by Gasteiger charge is 2.28. The average molecular weight is 470 g/mol. The molecule has 176 valence electrons. The van der Waals surface area contributed by atoms with Crippen LogP contribution in [0.5, 0.6) is 5.75 Å². The number of thiol groups is 1. The summed E-state index contributed by atoms with van der Waals surface area (Å²) in [4.78, 5) is 58.9. The number of carboxylic acids is 1. The molecule has 3 atom stereocenters. The Hall–Kier alpha value is -3.32. The van der Waals surface area contributed by atoms with Crippen LogP contribution in [0.25, 0.3) is 0 Å². The van der Waals surface area contributed by atoms with Gasteiger partial charge in [-0.15, -0.1) is 0 Å². The third kappa shape index (κ3) is 9.66. The number of nitrogens with two attached hydrogens (primary N) is 2. The van der Waals surface area contributed by atoms with Crippen molar-refractivity contribution in [2.45, 2.75) is 37.4 Å². The number of nitrogens with one attached hydrogen (secondary N) is 3. The lowest BCUT2D eigenvalue weighted by Gasteiger charge is -2.23. The third-order valence-electron chi connectivity index (χ3n) is 4.27. The van der Waals surface area contributed by atoms with E-state index < -0.39 is 54.3 Å². The molecule has 0 aromatic heterocycles. The topological polar surface area (TPSA) is 214 Å². The van der Waals surface area contributed by atoms with Crippen molar-refractivity contribution in [2.24, 2.45) is 11.5 Å². The summed E-state index contributed by atoms with van der Waals surface area (Å²) < 4.78 is 0. The van der Waals surface area contributed by atoms with E-state index in [1.807, 2.05) is 0 Å². The summed E-state index contributed by atoms with van der Waals surface area (Å²) in [6.45, 7) is -0.646. The summed E-state index contributed by atoms with van der Waals surface area (Å²) in [7, 11) is 0. The van der Waals surface area contributed by atoms with Gasteiger partial charge in [-0.25, -0.2) is 0 Å². The van der Waals surface area contributed by atoms with E-state index in [1.165, 1.54) is 12.1 Å². The maximum atomic E-state index is 12.6. The van der Waals surface area contributed by atoms with Gasteiger partial charge in [0, 0.05) is 12.2 Å². The molecule has 0 saturated carbocycles. The monoisotopic (exact) mass is 469 g/mol. The molecule has 1 aromatic rings. The van der Waals surface area contributed by atoms with E-state index in [4.69, 9.17) is 16.6 Å². The highest BCUT2D eigenvalue weighted by Crippen LogP contribution is 2.11. The van der Waals surface area contributed by atoms with Crippen molar-refractivity contribution < 1.29 is 34.2 Å². The van der Waals surface area contributed by atoms with Crippen molar-refractivity contribution in [3.05, 3.63) is 29.8 Å². The number of carbonyl (C=O) groups is 5. The van der Waals surface area contributed by atoms with Crippen LogP contribution in [-0.4, -0.2) is 70.2 Å². The number of hydrogen-bond acceptors (Lipinski definition) is 8. The zero-order valence-electron chi connectivity index (χ0n) is 17.1. The van der Waals surface area contributed by atoms with Crippen molar-refractivity contribution in [2.75, 3.05) is 12.3 Å². The number of phenols is 1. The fourth-order valence-corrected chi connectivity index (χ4v) is 2.82. The normalized spacial score (nSPS) is 13.3. The van der Waals surface area contributed by atoms with Crippen LogP contribution >= 0.6 is 12.6 Å². The first-order valence-corrected chi connectivity index (χ1v) is 10.2. The van der Waals surface area contributed by atoms with Crippen LogP contribution in [-0.2, 0) is 30.4 Å². The van der Waals surface area contributed by atoms with Gasteiger partial charge >= 0.3 is 5.97 Å². The van der Waals surface area contributed by atoms with Gasteiger partial charge in [0.05, 0.1) is 6.04 Å². The zero-order chi connectivity index (χ0) is 24.3.